The number of fused-ring (bicyclic) bond motifs is 1. The van der Waals surface area contributed by atoms with Gasteiger partial charge in [-0.1, -0.05) is 35.4 Å². The van der Waals surface area contributed by atoms with E-state index in [9.17, 15) is 19.2 Å². The van der Waals surface area contributed by atoms with Crippen LogP contribution in [-0.4, -0.2) is 30.3 Å². The summed E-state index contributed by atoms with van der Waals surface area (Å²) in [7, 11) is 0. The summed E-state index contributed by atoms with van der Waals surface area (Å²) in [6, 6.07) is 10.5. The molecular weight excluding hydrogens is 455 g/mol. The number of allylic oxidation sites excluding steroid dienone is 2. The Balaban J connectivity index is 1.36. The maximum atomic E-state index is 12.7. The van der Waals surface area contributed by atoms with E-state index in [-0.39, 0.29) is 34.2 Å². The molecule has 2 aliphatic rings. The smallest absolute Gasteiger partial charge is 0.338 e. The standard InChI is InChI=1S/C23H18Cl2N2O5/c24-14-7-10-19(18(25)11-14)26-20(28)12-32-23(31)13-5-8-15(9-6-13)27-21(29)16-3-1-2-4-17(16)22(27)30/h1-2,5-11,16-17H,3-4,12H2,(H,26,28)/t16-,17-/m0/s1. The third-order valence-electron chi connectivity index (χ3n) is 5.41. The first-order valence-corrected chi connectivity index (χ1v) is 10.7. The van der Waals surface area contributed by atoms with Crippen molar-refractivity contribution in [3.63, 3.8) is 0 Å². The van der Waals surface area contributed by atoms with Crippen molar-refractivity contribution in [2.24, 2.45) is 11.8 Å². The Bertz CT molecular complexity index is 1100. The number of carbonyl (C=O) groups excluding carboxylic acids is 4. The summed E-state index contributed by atoms with van der Waals surface area (Å²) in [6.45, 7) is -0.515. The quantitative estimate of drug-likeness (QED) is 0.398. The zero-order chi connectivity index (χ0) is 22.8. The molecule has 3 amide bonds. The zero-order valence-electron chi connectivity index (χ0n) is 16.7. The number of rotatable bonds is 5. The number of nitrogens with one attached hydrogen (secondary N) is 1. The summed E-state index contributed by atoms with van der Waals surface area (Å²) < 4.78 is 5.03. The summed E-state index contributed by atoms with van der Waals surface area (Å²) in [4.78, 5) is 50.8. The van der Waals surface area contributed by atoms with Crippen LogP contribution in [0.3, 0.4) is 0 Å². The van der Waals surface area contributed by atoms with Crippen LogP contribution in [0.5, 0.6) is 0 Å². The van der Waals surface area contributed by atoms with Crippen LogP contribution >= 0.6 is 23.2 Å². The summed E-state index contributed by atoms with van der Waals surface area (Å²) in [5.74, 6) is -2.39. The van der Waals surface area contributed by atoms with Crippen molar-refractivity contribution in [2.45, 2.75) is 12.8 Å². The predicted octanol–water partition coefficient (Wildman–Crippen LogP) is 4.24. The van der Waals surface area contributed by atoms with Crippen molar-refractivity contribution < 1.29 is 23.9 Å². The predicted molar refractivity (Wildman–Crippen MR) is 120 cm³/mol. The van der Waals surface area contributed by atoms with Crippen LogP contribution in [0.2, 0.25) is 10.0 Å². The van der Waals surface area contributed by atoms with Crippen molar-refractivity contribution in [1.29, 1.82) is 0 Å². The minimum atomic E-state index is -0.717. The average molecular weight is 473 g/mol. The monoisotopic (exact) mass is 472 g/mol. The van der Waals surface area contributed by atoms with Crippen molar-refractivity contribution in [3.8, 4) is 0 Å². The Labute approximate surface area is 193 Å². The molecule has 32 heavy (non-hydrogen) atoms. The van der Waals surface area contributed by atoms with Gasteiger partial charge < -0.3 is 10.1 Å². The van der Waals surface area contributed by atoms with Crippen molar-refractivity contribution in [3.05, 3.63) is 70.2 Å². The van der Waals surface area contributed by atoms with E-state index in [0.717, 1.165) is 0 Å². The van der Waals surface area contributed by atoms with Crippen LogP contribution in [0.4, 0.5) is 11.4 Å². The minimum absolute atomic E-state index is 0.184. The normalized spacial score (nSPS) is 19.6. The molecule has 0 aromatic heterocycles. The molecule has 0 radical (unpaired) electrons. The van der Waals surface area contributed by atoms with Gasteiger partial charge in [0.2, 0.25) is 11.8 Å². The summed E-state index contributed by atoms with van der Waals surface area (Å²) >= 11 is 11.8. The van der Waals surface area contributed by atoms with Crippen LogP contribution in [0, 0.1) is 11.8 Å². The van der Waals surface area contributed by atoms with Gasteiger partial charge in [-0.05, 0) is 55.3 Å². The molecule has 1 heterocycles. The summed E-state index contributed by atoms with van der Waals surface area (Å²) in [5, 5.41) is 3.22. The highest BCUT2D eigenvalue weighted by molar-refractivity contribution is 6.36. The van der Waals surface area contributed by atoms with E-state index in [1.54, 1.807) is 6.07 Å². The third kappa shape index (κ3) is 4.40. The fourth-order valence-electron chi connectivity index (χ4n) is 3.79. The first-order valence-electron chi connectivity index (χ1n) is 9.90. The number of hydrogen-bond donors (Lipinski definition) is 1. The molecule has 9 heteroatoms. The first-order chi connectivity index (χ1) is 15.3. The highest BCUT2D eigenvalue weighted by atomic mass is 35.5. The lowest BCUT2D eigenvalue weighted by molar-refractivity contribution is -0.122. The maximum absolute atomic E-state index is 12.7. The van der Waals surface area contributed by atoms with E-state index in [4.69, 9.17) is 27.9 Å². The number of halogens is 2. The van der Waals surface area contributed by atoms with Gasteiger partial charge in [0, 0.05) is 5.02 Å². The van der Waals surface area contributed by atoms with Crippen LogP contribution in [0.25, 0.3) is 0 Å². The van der Waals surface area contributed by atoms with Crippen molar-refractivity contribution in [1.82, 2.24) is 0 Å². The highest BCUT2D eigenvalue weighted by Gasteiger charge is 2.47. The Hall–Kier alpha value is -3.16. The lowest BCUT2D eigenvalue weighted by Gasteiger charge is -2.15. The molecule has 7 nitrogen and oxygen atoms in total. The molecule has 1 fully saturated rings. The lowest BCUT2D eigenvalue weighted by Crippen LogP contribution is -2.30. The van der Waals surface area contributed by atoms with Crippen LogP contribution in [-0.2, 0) is 19.1 Å². The first kappa shape index (κ1) is 22.0. The molecule has 0 saturated carbocycles. The second-order valence-corrected chi connectivity index (χ2v) is 8.31. The van der Waals surface area contributed by atoms with E-state index < -0.39 is 18.5 Å². The summed E-state index contributed by atoms with van der Waals surface area (Å²) in [5.41, 5.74) is 0.933. The second kappa shape index (κ2) is 9.14. The molecule has 164 valence electrons. The minimum Gasteiger partial charge on any atom is -0.452 e. The van der Waals surface area contributed by atoms with E-state index in [1.807, 2.05) is 12.2 Å². The van der Waals surface area contributed by atoms with Gasteiger partial charge in [0.25, 0.3) is 5.91 Å². The van der Waals surface area contributed by atoms with Crippen LogP contribution in [0.15, 0.2) is 54.6 Å². The van der Waals surface area contributed by atoms with Gasteiger partial charge >= 0.3 is 5.97 Å². The van der Waals surface area contributed by atoms with Crippen LogP contribution in [0.1, 0.15) is 23.2 Å². The number of hydrogen-bond acceptors (Lipinski definition) is 5. The number of esters is 1. The SMILES string of the molecule is O=C(COC(=O)c1ccc(N2C(=O)[C@H]3CC=CC[C@@H]3C2=O)cc1)Nc1ccc(Cl)cc1Cl. The van der Waals surface area contributed by atoms with E-state index in [0.29, 0.717) is 29.2 Å². The average Bonchev–Trinajstić information content (AvgIpc) is 3.04. The molecule has 2 aromatic carbocycles. The largest absolute Gasteiger partial charge is 0.452 e. The van der Waals surface area contributed by atoms with Gasteiger partial charge in [0.15, 0.2) is 6.61 Å². The van der Waals surface area contributed by atoms with E-state index in [1.165, 1.54) is 41.3 Å². The molecule has 2 aromatic rings. The van der Waals surface area contributed by atoms with Gasteiger partial charge in [0.1, 0.15) is 0 Å². The molecule has 0 spiro atoms. The molecule has 1 aliphatic carbocycles. The van der Waals surface area contributed by atoms with Gasteiger partial charge in [-0.15, -0.1) is 0 Å². The van der Waals surface area contributed by atoms with Crippen molar-refractivity contribution >= 4 is 58.3 Å². The maximum Gasteiger partial charge on any atom is 0.338 e. The molecular formula is C23H18Cl2N2O5. The molecule has 0 bridgehead atoms. The number of carbonyl (C=O) groups is 4. The van der Waals surface area contributed by atoms with Gasteiger partial charge in [0.05, 0.1) is 33.8 Å². The number of anilines is 2. The fourth-order valence-corrected chi connectivity index (χ4v) is 4.25. The van der Waals surface area contributed by atoms with Crippen LogP contribution < -0.4 is 10.2 Å². The Morgan fingerprint density at radius 3 is 2.19 bits per heavy atom. The Morgan fingerprint density at radius 2 is 1.59 bits per heavy atom. The lowest BCUT2D eigenvalue weighted by atomic mass is 9.85. The number of imide groups is 1. The Morgan fingerprint density at radius 1 is 0.969 bits per heavy atom. The third-order valence-corrected chi connectivity index (χ3v) is 5.96. The van der Waals surface area contributed by atoms with E-state index in [2.05, 4.69) is 5.32 Å². The van der Waals surface area contributed by atoms with Gasteiger partial charge in [-0.25, -0.2) is 4.79 Å². The van der Waals surface area contributed by atoms with E-state index >= 15 is 0 Å². The molecule has 1 aliphatic heterocycles. The molecule has 1 N–H and O–H groups in total. The Kier molecular flexibility index (Phi) is 6.30. The topological polar surface area (TPSA) is 92.8 Å². The van der Waals surface area contributed by atoms with Gasteiger partial charge in [-0.3, -0.25) is 19.3 Å². The molecule has 2 atom stereocenters. The highest BCUT2D eigenvalue weighted by Crippen LogP contribution is 2.37. The van der Waals surface area contributed by atoms with Crippen molar-refractivity contribution in [2.75, 3.05) is 16.8 Å². The summed E-state index contributed by atoms with van der Waals surface area (Å²) in [6.07, 6.45) is 4.96. The fraction of sp³-hybridized carbons (Fsp3) is 0.217. The number of ether oxygens (including phenoxy) is 1. The number of nitrogens with zero attached hydrogens (tertiary/aromatic N) is 1. The van der Waals surface area contributed by atoms with Gasteiger partial charge in [-0.2, -0.15) is 0 Å². The number of benzene rings is 2. The second-order valence-electron chi connectivity index (χ2n) is 7.46. The molecule has 4 rings (SSSR count). The number of amides is 3. The zero-order valence-corrected chi connectivity index (χ0v) is 18.2. The molecule has 0 unspecified atom stereocenters. The molecule has 1 saturated heterocycles.